The minimum Gasteiger partial charge on any atom is -0.375 e. The van der Waals surface area contributed by atoms with E-state index in [1.54, 1.807) is 24.3 Å². The molecule has 2 saturated heterocycles. The van der Waals surface area contributed by atoms with Crippen molar-refractivity contribution in [2.75, 3.05) is 13.1 Å². The predicted octanol–water partition coefficient (Wildman–Crippen LogP) is 2.98. The van der Waals surface area contributed by atoms with Gasteiger partial charge in [-0.2, -0.15) is 0 Å². The zero-order valence-electron chi connectivity index (χ0n) is 11.0. The van der Waals surface area contributed by atoms with Crippen LogP contribution in [-0.2, 0) is 4.74 Å². The van der Waals surface area contributed by atoms with Crippen molar-refractivity contribution in [1.82, 2.24) is 4.90 Å². The summed E-state index contributed by atoms with van der Waals surface area (Å²) >= 11 is 5.85. The quantitative estimate of drug-likeness (QED) is 0.791. The van der Waals surface area contributed by atoms with Gasteiger partial charge in [-0.25, -0.2) is 0 Å². The number of hydrogen-bond donors (Lipinski definition) is 0. The normalized spacial score (nSPS) is 30.2. The summed E-state index contributed by atoms with van der Waals surface area (Å²) < 4.78 is 5.86. The molecular formula is C15H18ClNO2. The van der Waals surface area contributed by atoms with Crippen molar-refractivity contribution in [1.29, 1.82) is 0 Å². The molecule has 0 bridgehead atoms. The molecule has 4 heteroatoms. The molecular weight excluding hydrogens is 262 g/mol. The van der Waals surface area contributed by atoms with Crippen molar-refractivity contribution < 1.29 is 9.53 Å². The molecule has 1 amide bonds. The Balaban J connectivity index is 1.70. The van der Waals surface area contributed by atoms with E-state index in [0.717, 1.165) is 31.5 Å². The zero-order valence-corrected chi connectivity index (χ0v) is 11.8. The lowest BCUT2D eigenvalue weighted by atomic mass is 9.92. The van der Waals surface area contributed by atoms with E-state index < -0.39 is 0 Å². The molecule has 0 aromatic heterocycles. The summed E-state index contributed by atoms with van der Waals surface area (Å²) in [5.41, 5.74) is 0.717. The van der Waals surface area contributed by atoms with Crippen molar-refractivity contribution >= 4 is 17.5 Å². The maximum absolute atomic E-state index is 12.4. The molecule has 0 radical (unpaired) electrons. The maximum Gasteiger partial charge on any atom is 0.253 e. The highest BCUT2D eigenvalue weighted by Crippen LogP contribution is 2.33. The zero-order chi connectivity index (χ0) is 13.4. The Kier molecular flexibility index (Phi) is 3.50. The molecule has 3 nitrogen and oxygen atoms in total. The Labute approximate surface area is 118 Å². The molecule has 2 fully saturated rings. The standard InChI is InChI=1S/C15H18ClNO2/c1-10-8-12-9-17(7-6-14(12)19-10)15(18)11-2-4-13(16)5-3-11/h2-5,10,12,14H,6-9H2,1H3/t10-,12-,14-/m0/s1. The number of nitrogens with zero attached hydrogens (tertiary/aromatic N) is 1. The molecule has 3 rings (SSSR count). The summed E-state index contributed by atoms with van der Waals surface area (Å²) in [5.74, 6) is 0.606. The molecule has 2 aliphatic heterocycles. The van der Waals surface area contributed by atoms with Crippen LogP contribution in [0.4, 0.5) is 0 Å². The molecule has 1 aromatic rings. The first-order chi connectivity index (χ1) is 9.13. The number of ether oxygens (including phenoxy) is 1. The third kappa shape index (κ3) is 2.63. The van der Waals surface area contributed by atoms with Crippen LogP contribution in [0.1, 0.15) is 30.1 Å². The number of carbonyl (C=O) groups excluding carboxylic acids is 1. The molecule has 0 aliphatic carbocycles. The van der Waals surface area contributed by atoms with Crippen LogP contribution in [0, 0.1) is 5.92 Å². The summed E-state index contributed by atoms with van der Waals surface area (Å²) in [6, 6.07) is 7.12. The lowest BCUT2D eigenvalue weighted by molar-refractivity contribution is 0.00865. The van der Waals surface area contributed by atoms with Gasteiger partial charge >= 0.3 is 0 Å². The summed E-state index contributed by atoms with van der Waals surface area (Å²) in [6.07, 6.45) is 2.70. The Bertz CT molecular complexity index is 474. The van der Waals surface area contributed by atoms with Gasteiger partial charge in [0.2, 0.25) is 0 Å². The van der Waals surface area contributed by atoms with Gasteiger partial charge in [0.15, 0.2) is 0 Å². The second kappa shape index (κ2) is 5.14. The van der Waals surface area contributed by atoms with Crippen molar-refractivity contribution in [3.8, 4) is 0 Å². The lowest BCUT2D eigenvalue weighted by Crippen LogP contribution is -2.44. The molecule has 19 heavy (non-hydrogen) atoms. The second-order valence-electron chi connectivity index (χ2n) is 5.53. The third-order valence-electron chi connectivity index (χ3n) is 4.08. The Morgan fingerprint density at radius 1 is 1.37 bits per heavy atom. The highest BCUT2D eigenvalue weighted by atomic mass is 35.5. The largest absolute Gasteiger partial charge is 0.375 e. The van der Waals surface area contributed by atoms with E-state index in [1.165, 1.54) is 0 Å². The van der Waals surface area contributed by atoms with Crippen molar-refractivity contribution in [3.63, 3.8) is 0 Å². The van der Waals surface area contributed by atoms with Crippen LogP contribution in [-0.4, -0.2) is 36.1 Å². The molecule has 0 saturated carbocycles. The van der Waals surface area contributed by atoms with Crippen LogP contribution >= 0.6 is 11.6 Å². The Hall–Kier alpha value is -1.06. The number of hydrogen-bond acceptors (Lipinski definition) is 2. The molecule has 0 N–H and O–H groups in total. The van der Waals surface area contributed by atoms with Crippen LogP contribution in [0.2, 0.25) is 5.02 Å². The first-order valence-corrected chi connectivity index (χ1v) is 7.21. The van der Waals surface area contributed by atoms with E-state index >= 15 is 0 Å². The van der Waals surface area contributed by atoms with E-state index in [9.17, 15) is 4.79 Å². The molecule has 0 unspecified atom stereocenters. The summed E-state index contributed by atoms with van der Waals surface area (Å²) in [7, 11) is 0. The molecule has 1 aromatic carbocycles. The summed E-state index contributed by atoms with van der Waals surface area (Å²) in [4.78, 5) is 14.4. The van der Waals surface area contributed by atoms with E-state index in [2.05, 4.69) is 6.92 Å². The second-order valence-corrected chi connectivity index (χ2v) is 5.96. The van der Waals surface area contributed by atoms with E-state index in [1.807, 2.05) is 4.90 Å². The smallest absolute Gasteiger partial charge is 0.253 e. The number of amides is 1. The van der Waals surface area contributed by atoms with Gasteiger partial charge in [0, 0.05) is 29.6 Å². The fourth-order valence-electron chi connectivity index (χ4n) is 3.16. The number of likely N-dealkylation sites (tertiary alicyclic amines) is 1. The predicted molar refractivity (Wildman–Crippen MR) is 74.4 cm³/mol. The molecule has 3 atom stereocenters. The van der Waals surface area contributed by atoms with Gasteiger partial charge in [0.25, 0.3) is 5.91 Å². The lowest BCUT2D eigenvalue weighted by Gasteiger charge is -2.34. The SMILES string of the molecule is C[C@H]1C[C@H]2CN(C(=O)c3ccc(Cl)cc3)CC[C@@H]2O1. The average molecular weight is 280 g/mol. The number of benzene rings is 1. The van der Waals surface area contributed by atoms with Gasteiger partial charge in [-0.3, -0.25) is 4.79 Å². The Morgan fingerprint density at radius 3 is 2.84 bits per heavy atom. The Morgan fingerprint density at radius 2 is 2.11 bits per heavy atom. The number of halogens is 1. The van der Waals surface area contributed by atoms with Crippen LogP contribution in [0.5, 0.6) is 0 Å². The van der Waals surface area contributed by atoms with Crippen molar-refractivity contribution in [2.24, 2.45) is 5.92 Å². The highest BCUT2D eigenvalue weighted by Gasteiger charge is 2.38. The average Bonchev–Trinajstić information content (AvgIpc) is 2.77. The van der Waals surface area contributed by atoms with Gasteiger partial charge in [0.05, 0.1) is 12.2 Å². The highest BCUT2D eigenvalue weighted by molar-refractivity contribution is 6.30. The first-order valence-electron chi connectivity index (χ1n) is 6.84. The van der Waals surface area contributed by atoms with Gasteiger partial charge < -0.3 is 9.64 Å². The molecule has 2 aliphatic rings. The fourth-order valence-corrected chi connectivity index (χ4v) is 3.28. The molecule has 102 valence electrons. The maximum atomic E-state index is 12.4. The van der Waals surface area contributed by atoms with E-state index in [4.69, 9.17) is 16.3 Å². The van der Waals surface area contributed by atoms with Crippen LogP contribution in [0.25, 0.3) is 0 Å². The van der Waals surface area contributed by atoms with E-state index in [0.29, 0.717) is 23.1 Å². The minimum atomic E-state index is 0.106. The van der Waals surface area contributed by atoms with Gasteiger partial charge in [-0.05, 0) is 44.0 Å². The number of fused-ring (bicyclic) bond motifs is 1. The molecule has 0 spiro atoms. The van der Waals surface area contributed by atoms with Crippen LogP contribution < -0.4 is 0 Å². The summed E-state index contributed by atoms with van der Waals surface area (Å²) in [5, 5.41) is 0.660. The summed E-state index contributed by atoms with van der Waals surface area (Å²) in [6.45, 7) is 3.72. The fraction of sp³-hybridized carbons (Fsp3) is 0.533. The van der Waals surface area contributed by atoms with E-state index in [-0.39, 0.29) is 5.91 Å². The van der Waals surface area contributed by atoms with Crippen molar-refractivity contribution in [2.45, 2.75) is 32.0 Å². The monoisotopic (exact) mass is 279 g/mol. The van der Waals surface area contributed by atoms with Gasteiger partial charge in [-0.15, -0.1) is 0 Å². The van der Waals surface area contributed by atoms with Crippen LogP contribution in [0.3, 0.4) is 0 Å². The third-order valence-corrected chi connectivity index (χ3v) is 4.34. The van der Waals surface area contributed by atoms with Crippen molar-refractivity contribution in [3.05, 3.63) is 34.9 Å². The minimum absolute atomic E-state index is 0.106. The van der Waals surface area contributed by atoms with Crippen LogP contribution in [0.15, 0.2) is 24.3 Å². The molecule has 2 heterocycles. The van der Waals surface area contributed by atoms with Gasteiger partial charge in [0.1, 0.15) is 0 Å². The topological polar surface area (TPSA) is 29.5 Å². The van der Waals surface area contributed by atoms with Gasteiger partial charge in [-0.1, -0.05) is 11.6 Å². The number of carbonyl (C=O) groups is 1. The first kappa shape index (κ1) is 12.9. The number of piperidine rings is 1. The number of rotatable bonds is 1.